The van der Waals surface area contributed by atoms with E-state index in [1.807, 2.05) is 26.0 Å². The number of carboxylic acid groups (broad SMARTS) is 1. The highest BCUT2D eigenvalue weighted by Crippen LogP contribution is 2.27. The van der Waals surface area contributed by atoms with Gasteiger partial charge < -0.3 is 14.7 Å². The number of methoxy groups -OCH3 is 1. The zero-order valence-electron chi connectivity index (χ0n) is 14.0. The van der Waals surface area contributed by atoms with Crippen LogP contribution in [0.15, 0.2) is 24.3 Å². The van der Waals surface area contributed by atoms with E-state index in [0.717, 1.165) is 5.56 Å². The van der Waals surface area contributed by atoms with Crippen LogP contribution in [0, 0.1) is 0 Å². The van der Waals surface area contributed by atoms with E-state index >= 15 is 0 Å². The standard InChI is InChI=1S/C17H24N2O4/c1-11-10-19(17(21)22)12(2)9-18(11)13(3)14-5-7-15(8-6-14)16(20)23-4/h5-8,11-13H,9-10H2,1-4H3,(H,21,22)/t11-,12+,13?/m1/s1. The van der Waals surface area contributed by atoms with E-state index in [0.29, 0.717) is 18.7 Å². The third-order valence-corrected chi connectivity index (χ3v) is 4.59. The lowest BCUT2D eigenvalue weighted by molar-refractivity contribution is 0.0232. The number of carbonyl (C=O) groups excluding carboxylic acids is 1. The quantitative estimate of drug-likeness (QED) is 0.867. The molecule has 1 unspecified atom stereocenters. The van der Waals surface area contributed by atoms with E-state index < -0.39 is 6.09 Å². The van der Waals surface area contributed by atoms with Crippen molar-refractivity contribution >= 4 is 12.1 Å². The summed E-state index contributed by atoms with van der Waals surface area (Å²) in [5.41, 5.74) is 1.63. The van der Waals surface area contributed by atoms with Crippen molar-refractivity contribution in [3.8, 4) is 0 Å². The first kappa shape index (κ1) is 17.3. The van der Waals surface area contributed by atoms with Gasteiger partial charge in [-0.2, -0.15) is 0 Å². The van der Waals surface area contributed by atoms with Crippen LogP contribution in [0.2, 0.25) is 0 Å². The molecule has 2 rings (SSSR count). The largest absolute Gasteiger partial charge is 0.465 e. The van der Waals surface area contributed by atoms with Crippen molar-refractivity contribution in [2.75, 3.05) is 20.2 Å². The molecule has 1 saturated heterocycles. The number of carbonyl (C=O) groups is 2. The molecule has 0 aromatic heterocycles. The van der Waals surface area contributed by atoms with Crippen LogP contribution in [0.1, 0.15) is 42.7 Å². The normalized spacial score (nSPS) is 23.4. The lowest BCUT2D eigenvalue weighted by atomic mass is 10.00. The van der Waals surface area contributed by atoms with Gasteiger partial charge in [0.15, 0.2) is 0 Å². The number of ether oxygens (including phenoxy) is 1. The Bertz CT molecular complexity index is 572. The van der Waals surface area contributed by atoms with E-state index in [-0.39, 0.29) is 24.1 Å². The zero-order chi connectivity index (χ0) is 17.1. The number of nitrogens with zero attached hydrogens (tertiary/aromatic N) is 2. The van der Waals surface area contributed by atoms with Crippen LogP contribution in [0.3, 0.4) is 0 Å². The topological polar surface area (TPSA) is 70.1 Å². The maximum Gasteiger partial charge on any atom is 0.407 e. The van der Waals surface area contributed by atoms with Gasteiger partial charge in [0, 0.05) is 31.2 Å². The molecule has 6 heteroatoms. The first-order valence-corrected chi connectivity index (χ1v) is 7.78. The molecular formula is C17H24N2O4. The van der Waals surface area contributed by atoms with Crippen LogP contribution in [0.25, 0.3) is 0 Å². The molecule has 1 aliphatic heterocycles. The third kappa shape index (κ3) is 3.64. The molecule has 1 aromatic rings. The second-order valence-electron chi connectivity index (χ2n) is 6.12. The minimum atomic E-state index is -0.862. The molecule has 1 fully saturated rings. The monoisotopic (exact) mass is 320 g/mol. The molecule has 6 nitrogen and oxygen atoms in total. The number of rotatable bonds is 3. The molecule has 3 atom stereocenters. The van der Waals surface area contributed by atoms with Crippen molar-refractivity contribution in [3.05, 3.63) is 35.4 Å². The van der Waals surface area contributed by atoms with Gasteiger partial charge in [0.05, 0.1) is 12.7 Å². The number of esters is 1. The Morgan fingerprint density at radius 2 is 1.78 bits per heavy atom. The first-order chi connectivity index (χ1) is 10.8. The summed E-state index contributed by atoms with van der Waals surface area (Å²) in [6, 6.07) is 7.63. The minimum Gasteiger partial charge on any atom is -0.465 e. The minimum absolute atomic E-state index is 0.0412. The second-order valence-corrected chi connectivity index (χ2v) is 6.12. The molecule has 0 aliphatic carbocycles. The van der Waals surface area contributed by atoms with E-state index in [1.54, 1.807) is 12.1 Å². The fraction of sp³-hybridized carbons (Fsp3) is 0.529. The summed E-state index contributed by atoms with van der Waals surface area (Å²) in [5.74, 6) is -0.346. The van der Waals surface area contributed by atoms with E-state index in [1.165, 1.54) is 12.0 Å². The smallest absolute Gasteiger partial charge is 0.407 e. The summed E-state index contributed by atoms with van der Waals surface area (Å²) in [6.07, 6.45) is -0.862. The molecule has 1 heterocycles. The highest BCUT2D eigenvalue weighted by molar-refractivity contribution is 5.89. The summed E-state index contributed by atoms with van der Waals surface area (Å²) in [4.78, 5) is 26.5. The molecular weight excluding hydrogens is 296 g/mol. The van der Waals surface area contributed by atoms with Crippen LogP contribution >= 0.6 is 0 Å². The fourth-order valence-electron chi connectivity index (χ4n) is 3.17. The van der Waals surface area contributed by atoms with Crippen molar-refractivity contribution in [2.24, 2.45) is 0 Å². The molecule has 1 aliphatic rings. The fourth-order valence-corrected chi connectivity index (χ4v) is 3.17. The first-order valence-electron chi connectivity index (χ1n) is 7.78. The number of hydrogen-bond acceptors (Lipinski definition) is 4. The average Bonchev–Trinajstić information content (AvgIpc) is 2.55. The van der Waals surface area contributed by atoms with Gasteiger partial charge in [-0.1, -0.05) is 12.1 Å². The average molecular weight is 320 g/mol. The Morgan fingerprint density at radius 3 is 2.30 bits per heavy atom. The van der Waals surface area contributed by atoms with Crippen molar-refractivity contribution in [1.82, 2.24) is 9.80 Å². The second kappa shape index (κ2) is 7.00. The SMILES string of the molecule is COC(=O)c1ccc(C(C)N2C[C@H](C)N(C(=O)O)C[C@H]2C)cc1. The highest BCUT2D eigenvalue weighted by atomic mass is 16.5. The Kier molecular flexibility index (Phi) is 5.26. The van der Waals surface area contributed by atoms with Crippen molar-refractivity contribution in [1.29, 1.82) is 0 Å². The van der Waals surface area contributed by atoms with Crippen molar-refractivity contribution in [3.63, 3.8) is 0 Å². The van der Waals surface area contributed by atoms with Gasteiger partial charge >= 0.3 is 12.1 Å². The molecule has 0 saturated carbocycles. The summed E-state index contributed by atoms with van der Waals surface area (Å²) >= 11 is 0. The Labute approximate surface area is 136 Å². The lowest BCUT2D eigenvalue weighted by Crippen LogP contribution is -2.58. The molecule has 0 radical (unpaired) electrons. The lowest BCUT2D eigenvalue weighted by Gasteiger charge is -2.45. The van der Waals surface area contributed by atoms with Crippen LogP contribution in [0.4, 0.5) is 4.79 Å². The summed E-state index contributed by atoms with van der Waals surface area (Å²) < 4.78 is 4.71. The predicted molar refractivity (Wildman–Crippen MR) is 86.6 cm³/mol. The molecule has 1 amide bonds. The Hall–Kier alpha value is -2.08. The van der Waals surface area contributed by atoms with Crippen LogP contribution in [-0.4, -0.2) is 59.3 Å². The number of hydrogen-bond donors (Lipinski definition) is 1. The molecule has 1 N–H and O–H groups in total. The van der Waals surface area contributed by atoms with Gasteiger partial charge in [0.25, 0.3) is 0 Å². The van der Waals surface area contributed by atoms with Gasteiger partial charge in [0.2, 0.25) is 0 Å². The van der Waals surface area contributed by atoms with Gasteiger partial charge in [-0.05, 0) is 38.5 Å². The predicted octanol–water partition coefficient (Wildman–Crippen LogP) is 2.61. The van der Waals surface area contributed by atoms with E-state index in [4.69, 9.17) is 4.74 Å². The van der Waals surface area contributed by atoms with Crippen LogP contribution in [-0.2, 0) is 4.74 Å². The van der Waals surface area contributed by atoms with Gasteiger partial charge in [-0.3, -0.25) is 4.90 Å². The van der Waals surface area contributed by atoms with Gasteiger partial charge in [0.1, 0.15) is 0 Å². The summed E-state index contributed by atoms with van der Waals surface area (Å²) in [5, 5.41) is 9.24. The maximum atomic E-state index is 11.5. The maximum absolute atomic E-state index is 11.5. The van der Waals surface area contributed by atoms with Crippen molar-refractivity contribution < 1.29 is 19.4 Å². The number of benzene rings is 1. The number of amides is 1. The zero-order valence-corrected chi connectivity index (χ0v) is 14.0. The van der Waals surface area contributed by atoms with Gasteiger partial charge in [-0.25, -0.2) is 9.59 Å². The molecule has 0 bridgehead atoms. The van der Waals surface area contributed by atoms with E-state index in [2.05, 4.69) is 11.8 Å². The Morgan fingerprint density at radius 1 is 1.17 bits per heavy atom. The van der Waals surface area contributed by atoms with Crippen LogP contribution < -0.4 is 0 Å². The third-order valence-electron chi connectivity index (χ3n) is 4.59. The molecule has 23 heavy (non-hydrogen) atoms. The van der Waals surface area contributed by atoms with E-state index in [9.17, 15) is 14.7 Å². The number of piperazine rings is 1. The van der Waals surface area contributed by atoms with Crippen molar-refractivity contribution in [2.45, 2.75) is 38.9 Å². The summed E-state index contributed by atoms with van der Waals surface area (Å²) in [7, 11) is 1.36. The highest BCUT2D eigenvalue weighted by Gasteiger charge is 2.34. The molecule has 1 aromatic carbocycles. The molecule has 0 spiro atoms. The van der Waals surface area contributed by atoms with Gasteiger partial charge in [-0.15, -0.1) is 0 Å². The molecule has 126 valence electrons. The van der Waals surface area contributed by atoms with Crippen LogP contribution in [0.5, 0.6) is 0 Å². The Balaban J connectivity index is 2.12. The summed E-state index contributed by atoms with van der Waals surface area (Å²) in [6.45, 7) is 7.27.